The zero-order valence-corrected chi connectivity index (χ0v) is 11.5. The Morgan fingerprint density at radius 2 is 1.59 bits per heavy atom. The molecule has 5 nitrogen and oxygen atoms in total. The van der Waals surface area contributed by atoms with E-state index in [0.717, 1.165) is 25.7 Å². The van der Waals surface area contributed by atoms with Gasteiger partial charge in [-0.15, -0.1) is 0 Å². The van der Waals surface area contributed by atoms with Gasteiger partial charge in [-0.25, -0.2) is 21.1 Å². The van der Waals surface area contributed by atoms with E-state index in [1.54, 1.807) is 0 Å². The van der Waals surface area contributed by atoms with Crippen LogP contribution in [-0.2, 0) is 19.9 Å². The monoisotopic (exact) mass is 281 g/mol. The lowest BCUT2D eigenvalue weighted by Crippen LogP contribution is -2.39. The molecular formula is C10H19NO4S2. The average Bonchev–Trinajstić information content (AvgIpc) is 2.51. The van der Waals surface area contributed by atoms with Gasteiger partial charge in [0.15, 0.2) is 9.84 Å². The molecule has 2 saturated heterocycles. The van der Waals surface area contributed by atoms with Gasteiger partial charge in [0.25, 0.3) is 0 Å². The van der Waals surface area contributed by atoms with Crippen molar-refractivity contribution < 1.29 is 16.8 Å². The topological polar surface area (TPSA) is 71.5 Å². The van der Waals surface area contributed by atoms with E-state index >= 15 is 0 Å². The van der Waals surface area contributed by atoms with Crippen molar-refractivity contribution in [2.75, 3.05) is 24.6 Å². The quantitative estimate of drug-likeness (QED) is 0.733. The minimum absolute atomic E-state index is 0.0186. The summed E-state index contributed by atoms with van der Waals surface area (Å²) in [6.07, 6.45) is 4.17. The second-order valence-corrected chi connectivity index (χ2v) is 9.32. The minimum Gasteiger partial charge on any atom is -0.229 e. The molecule has 2 aliphatic heterocycles. The van der Waals surface area contributed by atoms with Crippen LogP contribution in [0, 0.1) is 0 Å². The number of rotatable bonds is 2. The maximum absolute atomic E-state index is 12.3. The van der Waals surface area contributed by atoms with E-state index in [1.165, 1.54) is 4.31 Å². The number of hydrogen-bond acceptors (Lipinski definition) is 4. The summed E-state index contributed by atoms with van der Waals surface area (Å²) < 4.78 is 48.8. The predicted molar refractivity (Wildman–Crippen MR) is 66.0 cm³/mol. The first-order chi connectivity index (χ1) is 7.92. The maximum Gasteiger partial charge on any atom is 0.218 e. The van der Waals surface area contributed by atoms with Crippen LogP contribution in [0.25, 0.3) is 0 Å². The molecule has 7 heteroatoms. The molecule has 0 N–H and O–H groups in total. The van der Waals surface area contributed by atoms with Crippen molar-refractivity contribution in [1.29, 1.82) is 0 Å². The Hall–Kier alpha value is -0.140. The first kappa shape index (κ1) is 13.3. The molecule has 2 aliphatic rings. The largest absolute Gasteiger partial charge is 0.229 e. The Bertz CT molecular complexity index is 461. The number of nitrogens with zero attached hydrogens (tertiary/aromatic N) is 1. The average molecular weight is 281 g/mol. The van der Waals surface area contributed by atoms with Gasteiger partial charge in [-0.3, -0.25) is 0 Å². The Kier molecular flexibility index (Phi) is 3.80. The molecule has 17 heavy (non-hydrogen) atoms. The van der Waals surface area contributed by atoms with Gasteiger partial charge < -0.3 is 0 Å². The Morgan fingerprint density at radius 1 is 1.00 bits per heavy atom. The molecule has 0 aliphatic carbocycles. The SMILES string of the molecule is O=S1(=O)CC[C@@H](S(=O)(=O)N2CCCCCC2)C1. The summed E-state index contributed by atoms with van der Waals surface area (Å²) in [5, 5.41) is -0.703. The number of hydrogen-bond donors (Lipinski definition) is 0. The van der Waals surface area contributed by atoms with E-state index in [4.69, 9.17) is 0 Å². The highest BCUT2D eigenvalue weighted by molar-refractivity contribution is 7.95. The van der Waals surface area contributed by atoms with Gasteiger partial charge in [0.1, 0.15) is 0 Å². The fraction of sp³-hybridized carbons (Fsp3) is 1.00. The first-order valence-corrected chi connectivity index (χ1v) is 9.44. The lowest BCUT2D eigenvalue weighted by Gasteiger charge is -2.23. The molecule has 0 aromatic heterocycles. The van der Waals surface area contributed by atoms with Crippen LogP contribution in [0.1, 0.15) is 32.1 Å². The van der Waals surface area contributed by atoms with Crippen molar-refractivity contribution in [2.24, 2.45) is 0 Å². The van der Waals surface area contributed by atoms with E-state index < -0.39 is 25.1 Å². The molecule has 1 atom stereocenters. The molecule has 2 heterocycles. The van der Waals surface area contributed by atoms with Crippen molar-refractivity contribution in [3.63, 3.8) is 0 Å². The van der Waals surface area contributed by atoms with Gasteiger partial charge in [-0.2, -0.15) is 0 Å². The van der Waals surface area contributed by atoms with Gasteiger partial charge in [-0.1, -0.05) is 12.8 Å². The lowest BCUT2D eigenvalue weighted by atomic mass is 10.2. The molecule has 0 amide bonds. The molecule has 0 spiro atoms. The Morgan fingerprint density at radius 3 is 2.06 bits per heavy atom. The summed E-state index contributed by atoms with van der Waals surface area (Å²) in [4.78, 5) is 0. The molecule has 2 rings (SSSR count). The van der Waals surface area contributed by atoms with Crippen LogP contribution < -0.4 is 0 Å². The highest BCUT2D eigenvalue weighted by Crippen LogP contribution is 2.24. The van der Waals surface area contributed by atoms with Crippen LogP contribution in [-0.4, -0.2) is 51.0 Å². The van der Waals surface area contributed by atoms with Crippen LogP contribution in [0.3, 0.4) is 0 Å². The summed E-state index contributed by atoms with van der Waals surface area (Å²) in [7, 11) is -6.53. The smallest absolute Gasteiger partial charge is 0.218 e. The molecule has 0 bridgehead atoms. The third-order valence-corrected chi connectivity index (χ3v) is 7.85. The number of sulfonamides is 1. The Balaban J connectivity index is 2.13. The summed E-state index contributed by atoms with van der Waals surface area (Å²) in [6, 6.07) is 0. The van der Waals surface area contributed by atoms with E-state index in [9.17, 15) is 16.8 Å². The molecule has 0 aromatic rings. The van der Waals surface area contributed by atoms with Crippen molar-refractivity contribution in [3.05, 3.63) is 0 Å². The van der Waals surface area contributed by atoms with Crippen LogP contribution in [0.15, 0.2) is 0 Å². The zero-order valence-electron chi connectivity index (χ0n) is 9.84. The van der Waals surface area contributed by atoms with E-state index in [2.05, 4.69) is 0 Å². The molecule has 0 radical (unpaired) electrons. The maximum atomic E-state index is 12.3. The molecule has 0 aromatic carbocycles. The van der Waals surface area contributed by atoms with Crippen molar-refractivity contribution >= 4 is 19.9 Å². The second kappa shape index (κ2) is 4.85. The summed E-state index contributed by atoms with van der Waals surface area (Å²) in [6.45, 7) is 1.11. The molecule has 0 saturated carbocycles. The van der Waals surface area contributed by atoms with Gasteiger partial charge >= 0.3 is 0 Å². The fourth-order valence-electron chi connectivity index (χ4n) is 2.50. The first-order valence-electron chi connectivity index (χ1n) is 6.11. The van der Waals surface area contributed by atoms with Crippen LogP contribution in [0.2, 0.25) is 0 Å². The van der Waals surface area contributed by atoms with Crippen molar-refractivity contribution in [1.82, 2.24) is 4.31 Å². The van der Waals surface area contributed by atoms with E-state index in [-0.39, 0.29) is 17.9 Å². The number of sulfone groups is 1. The van der Waals surface area contributed by atoms with Gasteiger partial charge in [0, 0.05) is 13.1 Å². The second-order valence-electron chi connectivity index (χ2n) is 4.88. The van der Waals surface area contributed by atoms with Crippen LogP contribution >= 0.6 is 0 Å². The summed E-state index contributed by atoms with van der Waals surface area (Å²) in [5.41, 5.74) is 0. The fourth-order valence-corrected chi connectivity index (χ4v) is 7.11. The molecule has 100 valence electrons. The Labute approximate surface area is 103 Å². The third-order valence-electron chi connectivity index (χ3n) is 3.54. The van der Waals surface area contributed by atoms with Gasteiger partial charge in [0.05, 0.1) is 16.8 Å². The summed E-state index contributed by atoms with van der Waals surface area (Å²) >= 11 is 0. The van der Waals surface area contributed by atoms with Crippen LogP contribution in [0.5, 0.6) is 0 Å². The van der Waals surface area contributed by atoms with E-state index in [0.29, 0.717) is 13.1 Å². The highest BCUT2D eigenvalue weighted by Gasteiger charge is 2.40. The normalized spacial score (nSPS) is 31.2. The highest BCUT2D eigenvalue weighted by atomic mass is 32.2. The lowest BCUT2D eigenvalue weighted by molar-refractivity contribution is 0.417. The summed E-state index contributed by atoms with van der Waals surface area (Å²) in [5.74, 6) is -0.170. The predicted octanol–water partition coefficient (Wildman–Crippen LogP) is 0.379. The van der Waals surface area contributed by atoms with Crippen molar-refractivity contribution in [3.8, 4) is 0 Å². The standard InChI is InChI=1S/C10H19NO4S2/c12-16(13)8-5-10(9-16)17(14,15)11-6-3-1-2-4-7-11/h10H,1-9H2/t10-/m1/s1. The van der Waals surface area contributed by atoms with Gasteiger partial charge in [-0.05, 0) is 19.3 Å². The molecule has 2 fully saturated rings. The third kappa shape index (κ3) is 3.00. The van der Waals surface area contributed by atoms with E-state index in [1.807, 2.05) is 0 Å². The molecule has 0 unspecified atom stereocenters. The molecular weight excluding hydrogens is 262 g/mol. The van der Waals surface area contributed by atoms with Crippen LogP contribution in [0.4, 0.5) is 0 Å². The minimum atomic E-state index is -3.40. The zero-order chi connectivity index (χ0) is 12.5. The van der Waals surface area contributed by atoms with Gasteiger partial charge in [0.2, 0.25) is 10.0 Å². The van der Waals surface area contributed by atoms with Crippen molar-refractivity contribution in [2.45, 2.75) is 37.4 Å².